The van der Waals surface area contributed by atoms with E-state index in [1.807, 2.05) is 18.5 Å². The molecule has 1 aromatic heterocycles. The molecule has 0 saturated carbocycles. The van der Waals surface area contributed by atoms with Crippen LogP contribution < -0.4 is 10.1 Å². The van der Waals surface area contributed by atoms with Gasteiger partial charge in [0.2, 0.25) is 0 Å². The van der Waals surface area contributed by atoms with E-state index in [-0.39, 0.29) is 0 Å². The van der Waals surface area contributed by atoms with Crippen LogP contribution in [0.1, 0.15) is 23.5 Å². The van der Waals surface area contributed by atoms with Crippen molar-refractivity contribution in [2.75, 3.05) is 19.0 Å². The van der Waals surface area contributed by atoms with Gasteiger partial charge in [-0.1, -0.05) is 6.07 Å². The lowest BCUT2D eigenvalue weighted by Crippen LogP contribution is -2.17. The third kappa shape index (κ3) is 1.92. The first kappa shape index (κ1) is 11.1. The zero-order valence-corrected chi connectivity index (χ0v) is 10.4. The molecule has 0 spiro atoms. The summed E-state index contributed by atoms with van der Waals surface area (Å²) in [6.45, 7) is 0.993. The van der Waals surface area contributed by atoms with Gasteiger partial charge >= 0.3 is 0 Å². The summed E-state index contributed by atoms with van der Waals surface area (Å²) >= 11 is 0. The standard InChI is InChI=1S/C15H16N2O/c1-18-12-2-3-14-13(6-9-17-15(14)10-12)11-4-7-16-8-5-11/h2-5,7-8,10,13,17H,6,9H2,1H3. The minimum Gasteiger partial charge on any atom is -0.497 e. The lowest BCUT2D eigenvalue weighted by Gasteiger charge is -2.27. The zero-order chi connectivity index (χ0) is 12.4. The number of aromatic nitrogens is 1. The molecule has 0 aliphatic carbocycles. The van der Waals surface area contributed by atoms with Gasteiger partial charge in [-0.2, -0.15) is 0 Å². The van der Waals surface area contributed by atoms with E-state index in [2.05, 4.69) is 34.6 Å². The molecule has 1 N–H and O–H groups in total. The average molecular weight is 240 g/mol. The van der Waals surface area contributed by atoms with Crippen LogP contribution in [0.2, 0.25) is 0 Å². The van der Waals surface area contributed by atoms with E-state index in [1.165, 1.54) is 16.8 Å². The summed E-state index contributed by atoms with van der Waals surface area (Å²) in [5.74, 6) is 1.35. The number of pyridine rings is 1. The lowest BCUT2D eigenvalue weighted by molar-refractivity contribution is 0.414. The van der Waals surface area contributed by atoms with E-state index in [9.17, 15) is 0 Å². The SMILES string of the molecule is COc1ccc2c(c1)NCCC2c1ccncc1. The molecule has 3 heteroatoms. The van der Waals surface area contributed by atoms with Crippen LogP contribution in [-0.2, 0) is 0 Å². The van der Waals surface area contributed by atoms with Gasteiger partial charge in [-0.05, 0) is 35.7 Å². The number of hydrogen-bond donors (Lipinski definition) is 1. The Balaban J connectivity index is 2.02. The van der Waals surface area contributed by atoms with Crippen molar-refractivity contribution in [2.45, 2.75) is 12.3 Å². The predicted molar refractivity (Wildman–Crippen MR) is 72.2 cm³/mol. The molecule has 1 unspecified atom stereocenters. The van der Waals surface area contributed by atoms with Crippen LogP contribution in [0.25, 0.3) is 0 Å². The molecule has 2 heterocycles. The maximum atomic E-state index is 5.27. The Kier molecular flexibility index (Phi) is 2.89. The van der Waals surface area contributed by atoms with Gasteiger partial charge in [0.15, 0.2) is 0 Å². The Morgan fingerprint density at radius 3 is 2.83 bits per heavy atom. The Labute approximate surface area is 107 Å². The van der Waals surface area contributed by atoms with E-state index < -0.39 is 0 Å². The molecule has 0 fully saturated rings. The van der Waals surface area contributed by atoms with Crippen molar-refractivity contribution in [1.82, 2.24) is 4.98 Å². The number of anilines is 1. The topological polar surface area (TPSA) is 34.1 Å². The largest absolute Gasteiger partial charge is 0.497 e. The van der Waals surface area contributed by atoms with Gasteiger partial charge in [-0.15, -0.1) is 0 Å². The Morgan fingerprint density at radius 1 is 1.22 bits per heavy atom. The fraction of sp³-hybridized carbons (Fsp3) is 0.267. The highest BCUT2D eigenvalue weighted by Gasteiger charge is 2.21. The molecule has 3 rings (SSSR count). The fourth-order valence-corrected chi connectivity index (χ4v) is 2.57. The minimum absolute atomic E-state index is 0.454. The number of rotatable bonds is 2. The van der Waals surface area contributed by atoms with Crippen molar-refractivity contribution < 1.29 is 4.74 Å². The molecule has 3 nitrogen and oxygen atoms in total. The maximum Gasteiger partial charge on any atom is 0.120 e. The van der Waals surface area contributed by atoms with Gasteiger partial charge in [0.05, 0.1) is 7.11 Å². The van der Waals surface area contributed by atoms with Gasteiger partial charge in [0.25, 0.3) is 0 Å². The van der Waals surface area contributed by atoms with Crippen LogP contribution >= 0.6 is 0 Å². The molecule has 2 aromatic rings. The number of nitrogens with zero attached hydrogens (tertiary/aromatic N) is 1. The van der Waals surface area contributed by atoms with Gasteiger partial charge in [-0.3, -0.25) is 4.98 Å². The molecule has 1 atom stereocenters. The van der Waals surface area contributed by atoms with E-state index in [0.29, 0.717) is 5.92 Å². The second kappa shape index (κ2) is 4.69. The van der Waals surface area contributed by atoms with Crippen molar-refractivity contribution in [3.8, 4) is 5.75 Å². The molecule has 0 bridgehead atoms. The van der Waals surface area contributed by atoms with Crippen molar-refractivity contribution in [3.05, 3.63) is 53.9 Å². The summed E-state index contributed by atoms with van der Waals surface area (Å²) in [6, 6.07) is 10.5. The first-order valence-corrected chi connectivity index (χ1v) is 6.20. The third-order valence-electron chi connectivity index (χ3n) is 3.49. The van der Waals surface area contributed by atoms with E-state index in [4.69, 9.17) is 4.74 Å². The van der Waals surface area contributed by atoms with Crippen LogP contribution in [0.3, 0.4) is 0 Å². The Bertz CT molecular complexity index is 539. The van der Waals surface area contributed by atoms with E-state index in [0.717, 1.165) is 18.7 Å². The molecular weight excluding hydrogens is 224 g/mol. The summed E-state index contributed by atoms with van der Waals surface area (Å²) in [5, 5.41) is 3.44. The Morgan fingerprint density at radius 2 is 2.06 bits per heavy atom. The molecule has 92 valence electrons. The highest BCUT2D eigenvalue weighted by atomic mass is 16.5. The number of hydrogen-bond acceptors (Lipinski definition) is 3. The highest BCUT2D eigenvalue weighted by Crippen LogP contribution is 2.37. The quantitative estimate of drug-likeness (QED) is 0.876. The van der Waals surface area contributed by atoms with Crippen LogP contribution in [0.15, 0.2) is 42.7 Å². The molecule has 1 aliphatic rings. The second-order valence-electron chi connectivity index (χ2n) is 4.50. The summed E-state index contributed by atoms with van der Waals surface area (Å²) < 4.78 is 5.27. The Hall–Kier alpha value is -2.03. The third-order valence-corrected chi connectivity index (χ3v) is 3.49. The van der Waals surface area contributed by atoms with Crippen molar-refractivity contribution in [2.24, 2.45) is 0 Å². The number of ether oxygens (including phenoxy) is 1. The second-order valence-corrected chi connectivity index (χ2v) is 4.50. The number of nitrogens with one attached hydrogen (secondary N) is 1. The summed E-state index contributed by atoms with van der Waals surface area (Å²) in [6.07, 6.45) is 4.84. The summed E-state index contributed by atoms with van der Waals surface area (Å²) in [4.78, 5) is 4.09. The van der Waals surface area contributed by atoms with Crippen molar-refractivity contribution >= 4 is 5.69 Å². The molecular formula is C15H16N2O. The first-order chi connectivity index (χ1) is 8.88. The lowest BCUT2D eigenvalue weighted by atomic mass is 9.85. The van der Waals surface area contributed by atoms with Gasteiger partial charge in [-0.25, -0.2) is 0 Å². The minimum atomic E-state index is 0.454. The number of benzene rings is 1. The molecule has 0 amide bonds. The van der Waals surface area contributed by atoms with E-state index in [1.54, 1.807) is 7.11 Å². The van der Waals surface area contributed by atoms with Crippen molar-refractivity contribution in [1.29, 1.82) is 0 Å². The predicted octanol–water partition coefficient (Wildman–Crippen LogP) is 3.04. The fourth-order valence-electron chi connectivity index (χ4n) is 2.57. The monoisotopic (exact) mass is 240 g/mol. The van der Waals surface area contributed by atoms with Crippen LogP contribution in [0.5, 0.6) is 5.75 Å². The molecule has 18 heavy (non-hydrogen) atoms. The molecule has 0 radical (unpaired) electrons. The summed E-state index contributed by atoms with van der Waals surface area (Å²) in [7, 11) is 1.70. The smallest absolute Gasteiger partial charge is 0.120 e. The van der Waals surface area contributed by atoms with Crippen LogP contribution in [-0.4, -0.2) is 18.6 Å². The molecule has 1 aliphatic heterocycles. The number of fused-ring (bicyclic) bond motifs is 1. The zero-order valence-electron chi connectivity index (χ0n) is 10.4. The number of methoxy groups -OCH3 is 1. The van der Waals surface area contributed by atoms with Crippen LogP contribution in [0.4, 0.5) is 5.69 Å². The normalized spacial score (nSPS) is 17.7. The van der Waals surface area contributed by atoms with E-state index >= 15 is 0 Å². The van der Waals surface area contributed by atoms with Gasteiger partial charge < -0.3 is 10.1 Å². The van der Waals surface area contributed by atoms with Crippen molar-refractivity contribution in [3.63, 3.8) is 0 Å². The summed E-state index contributed by atoms with van der Waals surface area (Å²) in [5.41, 5.74) is 3.86. The molecule has 0 saturated heterocycles. The molecule has 1 aromatic carbocycles. The first-order valence-electron chi connectivity index (χ1n) is 6.20. The van der Waals surface area contributed by atoms with Gasteiger partial charge in [0.1, 0.15) is 5.75 Å². The average Bonchev–Trinajstić information content (AvgIpc) is 2.47. The highest BCUT2D eigenvalue weighted by molar-refractivity contribution is 5.60. The van der Waals surface area contributed by atoms with Crippen LogP contribution in [0, 0.1) is 0 Å². The van der Waals surface area contributed by atoms with Gasteiger partial charge in [0, 0.05) is 36.6 Å². The maximum absolute atomic E-state index is 5.27.